The fraction of sp³-hybridized carbons (Fsp3) is 0.463. The largest absolute Gasteiger partial charge is 0.493 e. The van der Waals surface area contributed by atoms with Crippen molar-refractivity contribution in [3.63, 3.8) is 0 Å². The number of hydrogen-bond acceptors (Lipinski definition) is 5. The number of halogens is 5. The Morgan fingerprint density at radius 3 is 2.28 bits per heavy atom. The Morgan fingerprint density at radius 1 is 0.943 bits per heavy atom. The highest BCUT2D eigenvalue weighted by Gasteiger charge is 2.51. The van der Waals surface area contributed by atoms with E-state index in [1.165, 1.54) is 5.56 Å². The maximum absolute atomic E-state index is 14.6. The predicted octanol–water partition coefficient (Wildman–Crippen LogP) is 9.68. The molecule has 0 aromatic heterocycles. The molecule has 0 spiro atoms. The topological polar surface area (TPSA) is 79.9 Å². The van der Waals surface area contributed by atoms with Gasteiger partial charge in [0.1, 0.15) is 5.75 Å². The number of carbonyl (C=O) groups is 2. The first-order chi connectivity index (χ1) is 24.6. The smallest absolute Gasteiger partial charge is 0.411 e. The average Bonchev–Trinajstić information content (AvgIpc) is 3.85. The lowest BCUT2D eigenvalue weighted by Crippen LogP contribution is -2.64. The molecule has 1 unspecified atom stereocenters. The molecule has 2 N–H and O–H groups in total. The number of carbonyl (C=O) groups excluding carboxylic acids is 2. The van der Waals surface area contributed by atoms with Gasteiger partial charge in [0, 0.05) is 35.6 Å². The number of fused-ring (bicyclic) bond motifs is 2. The molecular weight excluding hydrogens is 776 g/mol. The number of piperazine rings is 1. The van der Waals surface area contributed by atoms with Crippen LogP contribution in [0.3, 0.4) is 0 Å². The summed E-state index contributed by atoms with van der Waals surface area (Å²) in [6.45, 7) is 10.9. The van der Waals surface area contributed by atoms with Crippen molar-refractivity contribution >= 4 is 76.4 Å². The van der Waals surface area contributed by atoms with Crippen molar-refractivity contribution in [3.05, 3.63) is 105 Å². The van der Waals surface area contributed by atoms with E-state index in [1.807, 2.05) is 24.3 Å². The predicted molar refractivity (Wildman–Crippen MR) is 218 cm³/mol. The molecule has 2 amide bonds. The van der Waals surface area contributed by atoms with Crippen LogP contribution in [0.25, 0.3) is 5.57 Å². The van der Waals surface area contributed by atoms with Crippen LogP contribution in [0.4, 0.5) is 4.79 Å². The van der Waals surface area contributed by atoms with Crippen molar-refractivity contribution < 1.29 is 19.1 Å². The molecule has 7 nitrogen and oxygen atoms in total. The lowest BCUT2D eigenvalue weighted by Gasteiger charge is -2.48. The number of benzene rings is 3. The summed E-state index contributed by atoms with van der Waals surface area (Å²) in [5, 5.41) is 7.57. The van der Waals surface area contributed by atoms with Gasteiger partial charge in [-0.2, -0.15) is 0 Å². The van der Waals surface area contributed by atoms with Crippen molar-refractivity contribution in [2.24, 2.45) is 0 Å². The van der Waals surface area contributed by atoms with E-state index in [-0.39, 0.29) is 29.9 Å². The molecule has 1 saturated carbocycles. The number of aryl methyl sites for hydroxylation is 3. The maximum Gasteiger partial charge on any atom is 0.411 e. The van der Waals surface area contributed by atoms with Gasteiger partial charge >= 0.3 is 6.09 Å². The maximum atomic E-state index is 14.6. The zero-order valence-electron chi connectivity index (χ0n) is 30.8. The summed E-state index contributed by atoms with van der Waals surface area (Å²) in [7, 11) is 0. The number of alkyl halides is 3. The quantitative estimate of drug-likeness (QED) is 0.189. The Hall–Kier alpha value is -2.65. The van der Waals surface area contributed by atoms with Crippen LogP contribution in [-0.2, 0) is 22.4 Å². The van der Waals surface area contributed by atoms with E-state index in [2.05, 4.69) is 67.8 Å². The molecule has 1 saturated heterocycles. The normalized spacial score (nSPS) is 19.3. The minimum atomic E-state index is -1.85. The van der Waals surface area contributed by atoms with Crippen molar-refractivity contribution in [3.8, 4) is 5.75 Å². The number of amides is 2. The van der Waals surface area contributed by atoms with Crippen LogP contribution in [0.1, 0.15) is 72.9 Å². The first-order valence-electron chi connectivity index (χ1n) is 18.0. The Labute approximate surface area is 339 Å². The van der Waals surface area contributed by atoms with E-state index >= 15 is 0 Å². The zero-order valence-corrected chi connectivity index (χ0v) is 34.6. The van der Waals surface area contributed by atoms with Gasteiger partial charge in [-0.3, -0.25) is 9.69 Å². The first kappa shape index (κ1) is 41.5. The molecule has 0 radical (unpaired) electrons. The van der Waals surface area contributed by atoms with E-state index in [0.29, 0.717) is 31.7 Å². The van der Waals surface area contributed by atoms with Gasteiger partial charge in [-0.1, -0.05) is 101 Å². The third kappa shape index (κ3) is 9.25. The molecule has 1 aliphatic carbocycles. The minimum absolute atomic E-state index is 0. The molecule has 3 aromatic rings. The van der Waals surface area contributed by atoms with Gasteiger partial charge in [0.15, 0.2) is 5.60 Å². The molecule has 3 aliphatic rings. The highest BCUT2D eigenvalue weighted by molar-refractivity contribution is 6.68. The second-order valence-electron chi connectivity index (χ2n) is 15.0. The third-order valence-corrected chi connectivity index (χ3v) is 12.6. The van der Waals surface area contributed by atoms with Gasteiger partial charge in [0.05, 0.1) is 18.7 Å². The summed E-state index contributed by atoms with van der Waals surface area (Å²) < 4.78 is 10.2. The lowest BCUT2D eigenvalue weighted by atomic mass is 9.81. The molecule has 286 valence electrons. The van der Waals surface area contributed by atoms with Gasteiger partial charge in [0.2, 0.25) is 9.70 Å². The number of rotatable bonds is 11. The Balaban J connectivity index is 0.00000541. The van der Waals surface area contributed by atoms with Crippen molar-refractivity contribution in [1.29, 1.82) is 0 Å². The second kappa shape index (κ2) is 16.6. The zero-order chi connectivity index (χ0) is 37.4. The molecule has 2 heterocycles. The van der Waals surface area contributed by atoms with E-state index < -0.39 is 21.5 Å². The van der Waals surface area contributed by atoms with Crippen LogP contribution in [0, 0.1) is 20.8 Å². The first-order valence-corrected chi connectivity index (χ1v) is 19.5. The molecule has 3 aromatic carbocycles. The van der Waals surface area contributed by atoms with E-state index in [9.17, 15) is 9.59 Å². The van der Waals surface area contributed by atoms with E-state index in [1.54, 1.807) is 18.7 Å². The fourth-order valence-electron chi connectivity index (χ4n) is 7.23. The van der Waals surface area contributed by atoms with Crippen LogP contribution in [-0.4, -0.2) is 63.6 Å². The van der Waals surface area contributed by atoms with Crippen LogP contribution in [0.2, 0.25) is 5.02 Å². The molecule has 6 rings (SSSR count). The highest BCUT2D eigenvalue weighted by atomic mass is 35.6. The SMILES string of the molecule is Cc1ccc(C)c(OCCc2ccc(C3=C(C(=O)NC4(CCc5ccccc5Cl)CC4)[C@H]4CNCC(C3)N4C(=O)OC(C)(C)C(Cl)(Cl)Cl)cc2)c1C.Cl. The fourth-order valence-corrected chi connectivity index (χ4v) is 7.57. The van der Waals surface area contributed by atoms with Gasteiger partial charge < -0.3 is 20.1 Å². The number of nitrogens with one attached hydrogen (secondary N) is 2. The van der Waals surface area contributed by atoms with Crippen molar-refractivity contribution in [2.45, 2.75) is 100 Å². The minimum Gasteiger partial charge on any atom is -0.493 e. The third-order valence-electron chi connectivity index (χ3n) is 10.9. The monoisotopic (exact) mass is 821 g/mol. The van der Waals surface area contributed by atoms with Crippen molar-refractivity contribution in [2.75, 3.05) is 19.7 Å². The molecular formula is C41H48Cl5N3O4. The van der Waals surface area contributed by atoms with Gasteiger partial charge in [-0.25, -0.2) is 4.79 Å². The second-order valence-corrected chi connectivity index (χ2v) is 17.7. The molecule has 2 bridgehead atoms. The van der Waals surface area contributed by atoms with Crippen LogP contribution >= 0.6 is 58.8 Å². The molecule has 2 atom stereocenters. The summed E-state index contributed by atoms with van der Waals surface area (Å²) in [6, 6.07) is 19.5. The molecule has 53 heavy (non-hydrogen) atoms. The average molecular weight is 824 g/mol. The highest BCUT2D eigenvalue weighted by Crippen LogP contribution is 2.44. The summed E-state index contributed by atoms with van der Waals surface area (Å²) in [4.78, 5) is 30.1. The lowest BCUT2D eigenvalue weighted by molar-refractivity contribution is -0.119. The van der Waals surface area contributed by atoms with Crippen molar-refractivity contribution in [1.82, 2.24) is 15.5 Å². The van der Waals surface area contributed by atoms with Gasteiger partial charge in [0.25, 0.3) is 0 Å². The van der Waals surface area contributed by atoms with E-state index in [0.717, 1.165) is 76.3 Å². The summed E-state index contributed by atoms with van der Waals surface area (Å²) in [6.07, 6.45) is 3.83. The van der Waals surface area contributed by atoms with E-state index in [4.69, 9.17) is 55.9 Å². The standard InChI is InChI=1S/C41H47Cl4N3O4.ClH/c1-25-10-11-26(2)36(27(25)3)51-21-17-28-12-14-29(15-13-28)32-22-31-23-46-24-34(48(31)38(50)52-39(4,5)41(43,44)45)35(32)37(49)47-40(19-20-40)18-16-30-8-6-7-9-33(30)42;/h6-15,31,34,46H,16-24H2,1-5H3,(H,47,49);1H/t31?,34-;/m1./s1. The van der Waals surface area contributed by atoms with Crippen LogP contribution < -0.4 is 15.4 Å². The van der Waals surface area contributed by atoms with Gasteiger partial charge in [-0.05, 0) is 112 Å². The molecule has 2 fully saturated rings. The number of nitrogens with zero attached hydrogens (tertiary/aromatic N) is 1. The Bertz CT molecular complexity index is 1850. The summed E-state index contributed by atoms with van der Waals surface area (Å²) >= 11 is 25.1. The van der Waals surface area contributed by atoms with Gasteiger partial charge in [-0.15, -0.1) is 12.4 Å². The molecule has 12 heteroatoms. The van der Waals surface area contributed by atoms with Crippen LogP contribution in [0.15, 0.2) is 66.2 Å². The number of ether oxygens (including phenoxy) is 2. The Kier molecular flexibility index (Phi) is 13.0. The molecule has 2 aliphatic heterocycles. The van der Waals surface area contributed by atoms with Crippen LogP contribution in [0.5, 0.6) is 5.75 Å². The summed E-state index contributed by atoms with van der Waals surface area (Å²) in [5.41, 5.74) is 6.37. The summed E-state index contributed by atoms with van der Waals surface area (Å²) in [5.74, 6) is 0.763. The Morgan fingerprint density at radius 2 is 1.62 bits per heavy atom. The number of hydrogen-bond donors (Lipinski definition) is 2.